The average molecular weight is 442 g/mol. The first-order chi connectivity index (χ1) is 15.9. The molecule has 1 atom stereocenters. The third kappa shape index (κ3) is 4.19. The molecule has 33 heavy (non-hydrogen) atoms. The van der Waals surface area contributed by atoms with Gasteiger partial charge in [-0.1, -0.05) is 29.8 Å². The number of hydrogen-bond acceptors (Lipinski definition) is 7. The molecule has 1 aliphatic heterocycles. The van der Waals surface area contributed by atoms with Crippen LogP contribution in [0.5, 0.6) is 23.0 Å². The van der Waals surface area contributed by atoms with Crippen molar-refractivity contribution in [3.8, 4) is 29.1 Å². The minimum atomic E-state index is -0.486. The smallest absolute Gasteiger partial charge is 0.343 e. The lowest BCUT2D eigenvalue weighted by atomic mass is 9.83. The average Bonchev–Trinajstić information content (AvgIpc) is 2.83. The summed E-state index contributed by atoms with van der Waals surface area (Å²) in [5.41, 5.74) is 9.34. The maximum Gasteiger partial charge on any atom is 0.343 e. The standard InChI is InChI=1S/C26H22N2O5/c1-15-4-6-16(7-5-15)26(29)32-18-9-10-19-22(13-18)33-25(28)20(14-27)24(19)17-8-11-21(30-2)23(12-17)31-3/h4-13,24H,28H2,1-3H3. The number of nitrogens with two attached hydrogens (primary N) is 1. The van der Waals surface area contributed by atoms with E-state index in [-0.39, 0.29) is 11.5 Å². The molecule has 1 unspecified atom stereocenters. The van der Waals surface area contributed by atoms with Gasteiger partial charge in [-0.2, -0.15) is 5.26 Å². The number of ether oxygens (including phenoxy) is 4. The Bertz CT molecular complexity index is 1290. The van der Waals surface area contributed by atoms with Gasteiger partial charge in [0.05, 0.1) is 25.7 Å². The third-order valence-electron chi connectivity index (χ3n) is 5.43. The fourth-order valence-corrected chi connectivity index (χ4v) is 3.73. The van der Waals surface area contributed by atoms with Gasteiger partial charge < -0.3 is 24.7 Å². The summed E-state index contributed by atoms with van der Waals surface area (Å²) in [7, 11) is 3.10. The van der Waals surface area contributed by atoms with E-state index in [1.54, 1.807) is 56.7 Å². The molecule has 7 nitrogen and oxygen atoms in total. The molecule has 0 aliphatic carbocycles. The fraction of sp³-hybridized carbons (Fsp3) is 0.154. The number of nitrogens with zero attached hydrogens (tertiary/aromatic N) is 1. The first-order valence-corrected chi connectivity index (χ1v) is 10.2. The van der Waals surface area contributed by atoms with Gasteiger partial charge in [-0.15, -0.1) is 0 Å². The monoisotopic (exact) mass is 442 g/mol. The normalized spacial score (nSPS) is 14.5. The van der Waals surface area contributed by atoms with E-state index in [1.165, 1.54) is 0 Å². The predicted molar refractivity (Wildman–Crippen MR) is 121 cm³/mol. The van der Waals surface area contributed by atoms with Crippen molar-refractivity contribution in [1.29, 1.82) is 5.26 Å². The Morgan fingerprint density at radius 2 is 1.73 bits per heavy atom. The number of carbonyl (C=O) groups is 1. The molecular formula is C26H22N2O5. The first-order valence-electron chi connectivity index (χ1n) is 10.2. The van der Waals surface area contributed by atoms with Gasteiger partial charge in [-0.3, -0.25) is 0 Å². The van der Waals surface area contributed by atoms with Crippen molar-refractivity contribution >= 4 is 5.97 Å². The second-order valence-corrected chi connectivity index (χ2v) is 7.49. The van der Waals surface area contributed by atoms with Crippen LogP contribution in [-0.2, 0) is 0 Å². The summed E-state index contributed by atoms with van der Waals surface area (Å²) in [4.78, 5) is 12.5. The summed E-state index contributed by atoms with van der Waals surface area (Å²) in [5.74, 6) is 0.833. The molecule has 1 heterocycles. The van der Waals surface area contributed by atoms with Crippen molar-refractivity contribution in [3.05, 3.63) is 94.4 Å². The van der Waals surface area contributed by atoms with Gasteiger partial charge in [0.1, 0.15) is 23.1 Å². The molecule has 0 radical (unpaired) electrons. The van der Waals surface area contributed by atoms with Gasteiger partial charge in [-0.05, 0) is 42.8 Å². The number of methoxy groups -OCH3 is 2. The van der Waals surface area contributed by atoms with E-state index in [0.29, 0.717) is 34.1 Å². The van der Waals surface area contributed by atoms with E-state index >= 15 is 0 Å². The number of esters is 1. The largest absolute Gasteiger partial charge is 0.493 e. The molecule has 0 spiro atoms. The second kappa shape index (κ2) is 8.97. The van der Waals surface area contributed by atoms with E-state index in [4.69, 9.17) is 24.7 Å². The number of aryl methyl sites for hydroxylation is 1. The van der Waals surface area contributed by atoms with Crippen LogP contribution in [0.4, 0.5) is 0 Å². The quantitative estimate of drug-likeness (QED) is 0.460. The minimum Gasteiger partial charge on any atom is -0.493 e. The molecule has 4 rings (SSSR count). The van der Waals surface area contributed by atoms with Crippen molar-refractivity contribution in [2.45, 2.75) is 12.8 Å². The predicted octanol–water partition coefficient (Wildman–Crippen LogP) is 4.45. The van der Waals surface area contributed by atoms with Crippen LogP contribution >= 0.6 is 0 Å². The molecule has 0 fully saturated rings. The third-order valence-corrected chi connectivity index (χ3v) is 5.43. The Labute approximate surface area is 191 Å². The summed E-state index contributed by atoms with van der Waals surface area (Å²) >= 11 is 0. The van der Waals surface area contributed by atoms with E-state index < -0.39 is 11.9 Å². The minimum absolute atomic E-state index is 0.00760. The molecule has 7 heteroatoms. The molecule has 0 saturated heterocycles. The first kappa shape index (κ1) is 21.8. The lowest BCUT2D eigenvalue weighted by Gasteiger charge is -2.27. The van der Waals surface area contributed by atoms with Crippen molar-refractivity contribution in [2.24, 2.45) is 5.73 Å². The highest BCUT2D eigenvalue weighted by Gasteiger charge is 2.31. The lowest BCUT2D eigenvalue weighted by molar-refractivity contribution is 0.0734. The zero-order valence-electron chi connectivity index (χ0n) is 18.4. The molecule has 2 N–H and O–H groups in total. The van der Waals surface area contributed by atoms with Crippen LogP contribution in [0.1, 0.15) is 33.0 Å². The highest BCUT2D eigenvalue weighted by atomic mass is 16.5. The van der Waals surface area contributed by atoms with Crippen molar-refractivity contribution in [1.82, 2.24) is 0 Å². The van der Waals surface area contributed by atoms with E-state index in [9.17, 15) is 10.1 Å². The molecule has 0 bridgehead atoms. The van der Waals surface area contributed by atoms with Gasteiger partial charge in [0.15, 0.2) is 11.5 Å². The van der Waals surface area contributed by atoms with Gasteiger partial charge >= 0.3 is 5.97 Å². The highest BCUT2D eigenvalue weighted by molar-refractivity contribution is 5.91. The van der Waals surface area contributed by atoms with E-state index in [1.807, 2.05) is 25.1 Å². The van der Waals surface area contributed by atoms with Crippen molar-refractivity contribution in [2.75, 3.05) is 14.2 Å². The number of fused-ring (bicyclic) bond motifs is 1. The number of hydrogen-bond donors (Lipinski definition) is 1. The van der Waals surface area contributed by atoms with Crippen molar-refractivity contribution < 1.29 is 23.7 Å². The van der Waals surface area contributed by atoms with Crippen molar-refractivity contribution in [3.63, 3.8) is 0 Å². The number of nitriles is 1. The Morgan fingerprint density at radius 1 is 1.00 bits per heavy atom. The van der Waals surface area contributed by atoms with Crippen LogP contribution in [0.15, 0.2) is 72.1 Å². The molecule has 0 amide bonds. The van der Waals surface area contributed by atoms with Crippen LogP contribution in [0.2, 0.25) is 0 Å². The summed E-state index contributed by atoms with van der Waals surface area (Å²) in [6.45, 7) is 1.94. The van der Waals surface area contributed by atoms with Crippen LogP contribution in [-0.4, -0.2) is 20.2 Å². The summed E-state index contributed by atoms with van der Waals surface area (Å²) in [6.07, 6.45) is 0. The maximum absolute atomic E-state index is 12.5. The highest BCUT2D eigenvalue weighted by Crippen LogP contribution is 2.45. The van der Waals surface area contributed by atoms with Gasteiger partial charge in [-0.25, -0.2) is 4.79 Å². The topological polar surface area (TPSA) is 104 Å². The Balaban J connectivity index is 1.71. The number of allylic oxidation sites excluding steroid dienone is 1. The zero-order chi connectivity index (χ0) is 23.5. The molecule has 1 aliphatic rings. The second-order valence-electron chi connectivity index (χ2n) is 7.49. The van der Waals surface area contributed by atoms with Gasteiger partial charge in [0.2, 0.25) is 5.88 Å². The van der Waals surface area contributed by atoms with E-state index in [0.717, 1.165) is 11.1 Å². The maximum atomic E-state index is 12.5. The molecule has 0 saturated carbocycles. The number of rotatable bonds is 5. The van der Waals surface area contributed by atoms with E-state index in [2.05, 4.69) is 6.07 Å². The van der Waals surface area contributed by atoms with Crippen LogP contribution < -0.4 is 24.7 Å². The molecule has 3 aromatic rings. The number of carbonyl (C=O) groups excluding carboxylic acids is 1. The summed E-state index contributed by atoms with van der Waals surface area (Å²) in [5, 5.41) is 9.77. The molecule has 166 valence electrons. The fourth-order valence-electron chi connectivity index (χ4n) is 3.73. The molecular weight excluding hydrogens is 420 g/mol. The molecule has 0 aromatic heterocycles. The number of benzene rings is 3. The lowest BCUT2D eigenvalue weighted by Crippen LogP contribution is -2.21. The van der Waals surface area contributed by atoms with Crippen LogP contribution in [0, 0.1) is 18.3 Å². The Kier molecular flexibility index (Phi) is 5.92. The Hall–Kier alpha value is -4.44. The Morgan fingerprint density at radius 3 is 2.39 bits per heavy atom. The van der Waals surface area contributed by atoms with Gasteiger partial charge in [0, 0.05) is 11.6 Å². The molecule has 3 aromatic carbocycles. The summed E-state index contributed by atoms with van der Waals surface area (Å²) in [6, 6.07) is 19.7. The SMILES string of the molecule is COc1ccc(C2C(C#N)=C(N)Oc3cc(OC(=O)c4ccc(C)cc4)ccc32)cc1OC. The summed E-state index contributed by atoms with van der Waals surface area (Å²) < 4.78 is 22.0. The van der Waals surface area contributed by atoms with Crippen LogP contribution in [0.3, 0.4) is 0 Å². The van der Waals surface area contributed by atoms with Gasteiger partial charge in [0.25, 0.3) is 0 Å². The van der Waals surface area contributed by atoms with Crippen LogP contribution in [0.25, 0.3) is 0 Å². The zero-order valence-corrected chi connectivity index (χ0v) is 18.4.